The minimum Gasteiger partial charge on any atom is -0.474 e. The van der Waals surface area contributed by atoms with Crippen LogP contribution in [0.1, 0.15) is 31.4 Å². The van der Waals surface area contributed by atoms with Crippen LogP contribution in [0.5, 0.6) is 5.88 Å². The number of rotatable bonds is 6. The summed E-state index contributed by atoms with van der Waals surface area (Å²) in [6.07, 6.45) is 3.35. The largest absolute Gasteiger partial charge is 0.474 e. The molecule has 1 unspecified atom stereocenters. The molecule has 1 saturated heterocycles. The Hall–Kier alpha value is -2.93. The Morgan fingerprint density at radius 1 is 1.14 bits per heavy atom. The number of aromatic nitrogens is 1. The lowest BCUT2D eigenvalue weighted by molar-refractivity contribution is -0.126. The van der Waals surface area contributed by atoms with Crippen molar-refractivity contribution < 1.29 is 14.3 Å². The predicted octanol–water partition coefficient (Wildman–Crippen LogP) is 2.51. The summed E-state index contributed by atoms with van der Waals surface area (Å²) in [5, 5.41) is 5.06. The quantitative estimate of drug-likeness (QED) is 0.802. The third-order valence-corrected chi connectivity index (χ3v) is 4.70. The van der Waals surface area contributed by atoms with Gasteiger partial charge in [-0.25, -0.2) is 9.78 Å². The van der Waals surface area contributed by atoms with Crippen LogP contribution in [0.2, 0.25) is 0 Å². The fourth-order valence-electron chi connectivity index (χ4n) is 3.39. The Balaban J connectivity index is 1.66. The average Bonchev–Trinajstić information content (AvgIpc) is 2.71. The Morgan fingerprint density at radius 2 is 1.86 bits per heavy atom. The molecule has 148 valence electrons. The molecule has 1 aromatic heterocycles. The maximum Gasteiger partial charge on any atom is 0.321 e. The van der Waals surface area contributed by atoms with Gasteiger partial charge < -0.3 is 10.1 Å². The summed E-state index contributed by atoms with van der Waals surface area (Å²) in [5.41, 5.74) is 0.869. The summed E-state index contributed by atoms with van der Waals surface area (Å²) in [4.78, 5) is 31.0. The first-order valence-corrected chi connectivity index (χ1v) is 9.62. The standard InChI is InChI=1S/C21H26N4O3/c1-2-22-21(27)24-20(26)19(16-8-4-3-5-9-16)25-14-11-17(12-15-25)28-18-10-6-7-13-23-18/h3-10,13,17,19H,2,11-12,14-15H2,1H3,(H2,22,24,26,27). The number of amides is 3. The van der Waals surface area contributed by atoms with Crippen LogP contribution in [0, 0.1) is 0 Å². The monoisotopic (exact) mass is 382 g/mol. The van der Waals surface area contributed by atoms with E-state index in [9.17, 15) is 9.59 Å². The Labute approximate surface area is 165 Å². The SMILES string of the molecule is CCNC(=O)NC(=O)C(c1ccccc1)N1CCC(Oc2ccccn2)CC1. The molecule has 0 radical (unpaired) electrons. The molecule has 1 aromatic carbocycles. The van der Waals surface area contributed by atoms with Gasteiger partial charge in [-0.15, -0.1) is 0 Å². The van der Waals surface area contributed by atoms with Crippen LogP contribution in [0.15, 0.2) is 54.7 Å². The van der Waals surface area contributed by atoms with E-state index in [1.54, 1.807) is 6.20 Å². The topological polar surface area (TPSA) is 83.6 Å². The second-order valence-corrected chi connectivity index (χ2v) is 6.68. The van der Waals surface area contributed by atoms with Crippen LogP contribution in [0.4, 0.5) is 4.79 Å². The maximum atomic E-state index is 12.8. The number of ether oxygens (including phenoxy) is 1. The molecule has 1 aliphatic rings. The molecule has 0 aliphatic carbocycles. The van der Waals surface area contributed by atoms with Gasteiger partial charge in [0.2, 0.25) is 11.8 Å². The van der Waals surface area contributed by atoms with E-state index >= 15 is 0 Å². The van der Waals surface area contributed by atoms with Crippen LogP contribution >= 0.6 is 0 Å². The van der Waals surface area contributed by atoms with Gasteiger partial charge >= 0.3 is 6.03 Å². The number of benzene rings is 1. The van der Waals surface area contributed by atoms with Crippen molar-refractivity contribution in [2.24, 2.45) is 0 Å². The second-order valence-electron chi connectivity index (χ2n) is 6.68. The van der Waals surface area contributed by atoms with E-state index in [4.69, 9.17) is 4.74 Å². The van der Waals surface area contributed by atoms with Crippen molar-refractivity contribution >= 4 is 11.9 Å². The fraction of sp³-hybridized carbons (Fsp3) is 0.381. The third-order valence-electron chi connectivity index (χ3n) is 4.70. The summed E-state index contributed by atoms with van der Waals surface area (Å²) in [5.74, 6) is 0.302. The van der Waals surface area contributed by atoms with Crippen molar-refractivity contribution in [1.29, 1.82) is 0 Å². The fourth-order valence-corrected chi connectivity index (χ4v) is 3.39. The lowest BCUT2D eigenvalue weighted by atomic mass is 9.99. The number of carbonyl (C=O) groups excluding carboxylic acids is 2. The van der Waals surface area contributed by atoms with E-state index in [-0.39, 0.29) is 12.0 Å². The predicted molar refractivity (Wildman–Crippen MR) is 106 cm³/mol. The zero-order chi connectivity index (χ0) is 19.8. The molecule has 7 heteroatoms. The molecule has 0 spiro atoms. The van der Waals surface area contributed by atoms with Gasteiger partial charge in [-0.1, -0.05) is 36.4 Å². The first kappa shape index (κ1) is 19.8. The number of pyridine rings is 1. The lowest BCUT2D eigenvalue weighted by Gasteiger charge is -2.36. The molecule has 0 saturated carbocycles. The van der Waals surface area contributed by atoms with Crippen LogP contribution in [-0.2, 0) is 4.79 Å². The summed E-state index contributed by atoms with van der Waals surface area (Å²) in [7, 11) is 0. The maximum absolute atomic E-state index is 12.8. The van der Waals surface area contributed by atoms with Crippen LogP contribution in [-0.4, -0.2) is 47.6 Å². The minimum atomic E-state index is -0.514. The Bertz CT molecular complexity index is 762. The number of imide groups is 1. The van der Waals surface area contributed by atoms with Crippen molar-refractivity contribution in [3.8, 4) is 5.88 Å². The molecule has 28 heavy (non-hydrogen) atoms. The first-order chi connectivity index (χ1) is 13.7. The lowest BCUT2D eigenvalue weighted by Crippen LogP contribution is -2.49. The number of urea groups is 1. The van der Waals surface area contributed by atoms with Gasteiger partial charge in [0.25, 0.3) is 0 Å². The van der Waals surface area contributed by atoms with Gasteiger partial charge in [0.15, 0.2) is 0 Å². The molecule has 3 amide bonds. The van der Waals surface area contributed by atoms with E-state index in [0.717, 1.165) is 18.4 Å². The number of hydrogen-bond donors (Lipinski definition) is 2. The molecule has 1 fully saturated rings. The van der Waals surface area contributed by atoms with Crippen molar-refractivity contribution in [2.45, 2.75) is 31.9 Å². The van der Waals surface area contributed by atoms with Crippen molar-refractivity contribution in [3.63, 3.8) is 0 Å². The molecule has 0 bridgehead atoms. The molecule has 3 rings (SSSR count). The molecule has 2 heterocycles. The average molecular weight is 382 g/mol. The van der Waals surface area contributed by atoms with E-state index in [1.165, 1.54) is 0 Å². The molecule has 2 N–H and O–H groups in total. The van der Waals surface area contributed by atoms with Gasteiger partial charge in [0.05, 0.1) is 0 Å². The molecule has 2 aromatic rings. The highest BCUT2D eigenvalue weighted by Gasteiger charge is 2.32. The smallest absolute Gasteiger partial charge is 0.321 e. The van der Waals surface area contributed by atoms with Crippen LogP contribution in [0.25, 0.3) is 0 Å². The highest BCUT2D eigenvalue weighted by molar-refractivity contribution is 5.97. The molecule has 1 aliphatic heterocycles. The number of likely N-dealkylation sites (tertiary alicyclic amines) is 1. The van der Waals surface area contributed by atoms with E-state index in [2.05, 4.69) is 20.5 Å². The highest BCUT2D eigenvalue weighted by atomic mass is 16.5. The highest BCUT2D eigenvalue weighted by Crippen LogP contribution is 2.26. The first-order valence-electron chi connectivity index (χ1n) is 9.62. The Kier molecular flexibility index (Phi) is 6.97. The molecule has 1 atom stereocenters. The minimum absolute atomic E-state index is 0.0639. The zero-order valence-corrected chi connectivity index (χ0v) is 16.0. The van der Waals surface area contributed by atoms with E-state index in [0.29, 0.717) is 25.5 Å². The number of nitrogens with one attached hydrogen (secondary N) is 2. The third kappa shape index (κ3) is 5.29. The zero-order valence-electron chi connectivity index (χ0n) is 16.0. The van der Waals surface area contributed by atoms with Crippen molar-refractivity contribution in [1.82, 2.24) is 20.5 Å². The van der Waals surface area contributed by atoms with Crippen molar-refractivity contribution in [3.05, 3.63) is 60.3 Å². The summed E-state index contributed by atoms with van der Waals surface area (Å²) in [6.45, 7) is 3.66. The van der Waals surface area contributed by atoms with Gasteiger partial charge in [-0.05, 0) is 31.4 Å². The summed E-state index contributed by atoms with van der Waals surface area (Å²) in [6, 6.07) is 14.2. The van der Waals surface area contributed by atoms with Gasteiger partial charge in [0, 0.05) is 31.9 Å². The normalized spacial score (nSPS) is 16.2. The van der Waals surface area contributed by atoms with Gasteiger partial charge in [-0.3, -0.25) is 15.0 Å². The molecule has 7 nitrogen and oxygen atoms in total. The number of hydrogen-bond acceptors (Lipinski definition) is 5. The Morgan fingerprint density at radius 3 is 2.50 bits per heavy atom. The van der Waals surface area contributed by atoms with E-state index < -0.39 is 12.1 Å². The second kappa shape index (κ2) is 9.85. The van der Waals surface area contributed by atoms with E-state index in [1.807, 2.05) is 55.5 Å². The number of carbonyl (C=O) groups is 2. The van der Waals surface area contributed by atoms with Gasteiger partial charge in [-0.2, -0.15) is 0 Å². The van der Waals surface area contributed by atoms with Crippen LogP contribution < -0.4 is 15.4 Å². The number of nitrogens with zero attached hydrogens (tertiary/aromatic N) is 2. The van der Waals surface area contributed by atoms with Crippen molar-refractivity contribution in [2.75, 3.05) is 19.6 Å². The van der Waals surface area contributed by atoms with Gasteiger partial charge in [0.1, 0.15) is 12.1 Å². The number of piperidine rings is 1. The van der Waals surface area contributed by atoms with Crippen LogP contribution in [0.3, 0.4) is 0 Å². The molecular weight excluding hydrogens is 356 g/mol. The molecular formula is C21H26N4O3. The summed E-state index contributed by atoms with van der Waals surface area (Å²) < 4.78 is 5.94. The summed E-state index contributed by atoms with van der Waals surface area (Å²) >= 11 is 0.